The first-order valence-electron chi connectivity index (χ1n) is 11.8. The van der Waals surface area contributed by atoms with Crippen LogP contribution in [-0.2, 0) is 29.4 Å². The molecule has 0 fully saturated rings. The molecule has 39 heavy (non-hydrogen) atoms. The van der Waals surface area contributed by atoms with E-state index in [0.717, 1.165) is 9.80 Å². The molecule has 15 nitrogen and oxygen atoms in total. The van der Waals surface area contributed by atoms with E-state index in [1.54, 1.807) is 0 Å². The fourth-order valence-corrected chi connectivity index (χ4v) is 3.44. The van der Waals surface area contributed by atoms with Crippen LogP contribution in [0.4, 0.5) is 10.5 Å². The van der Waals surface area contributed by atoms with E-state index >= 15 is 0 Å². The first kappa shape index (κ1) is 32.8. The Morgan fingerprint density at radius 1 is 0.769 bits per heavy atom. The lowest BCUT2D eigenvalue weighted by molar-refractivity contribution is -0.146. The molecule has 0 spiro atoms. The molecule has 0 aliphatic carbocycles. The normalized spacial score (nSPS) is 12.1. The minimum atomic E-state index is -1.32. The van der Waals surface area contributed by atoms with Gasteiger partial charge in [0.15, 0.2) is 0 Å². The van der Waals surface area contributed by atoms with Gasteiger partial charge in [0, 0.05) is 31.9 Å². The zero-order valence-corrected chi connectivity index (χ0v) is 21.9. The average Bonchev–Trinajstić information content (AvgIpc) is 2.82. The third kappa shape index (κ3) is 11.0. The predicted octanol–water partition coefficient (Wildman–Crippen LogP) is 0.214. The minimum absolute atomic E-state index is 0.0689. The fourth-order valence-electron chi connectivity index (χ4n) is 3.44. The molecule has 6 N–H and O–H groups in total. The van der Waals surface area contributed by atoms with Crippen molar-refractivity contribution in [3.63, 3.8) is 0 Å². The van der Waals surface area contributed by atoms with Gasteiger partial charge in [0.1, 0.15) is 12.6 Å². The van der Waals surface area contributed by atoms with Crippen LogP contribution in [0.25, 0.3) is 0 Å². The summed E-state index contributed by atoms with van der Waals surface area (Å²) in [6.07, 6.45) is 0. The molecule has 1 unspecified atom stereocenters. The van der Waals surface area contributed by atoms with Crippen molar-refractivity contribution in [3.05, 3.63) is 29.8 Å². The molecule has 0 saturated carbocycles. The predicted molar refractivity (Wildman–Crippen MR) is 136 cm³/mol. The number of hydrogen-bond donors (Lipinski definition) is 6. The van der Waals surface area contributed by atoms with E-state index in [1.807, 2.05) is 0 Å². The van der Waals surface area contributed by atoms with Gasteiger partial charge in [0.25, 0.3) is 0 Å². The number of carboxylic acid groups (broad SMARTS) is 5. The summed E-state index contributed by atoms with van der Waals surface area (Å²) in [7, 11) is 0. The van der Waals surface area contributed by atoms with Gasteiger partial charge in [-0.1, -0.05) is 12.1 Å². The first-order valence-corrected chi connectivity index (χ1v) is 11.8. The van der Waals surface area contributed by atoms with Crippen molar-refractivity contribution in [3.8, 4) is 0 Å². The van der Waals surface area contributed by atoms with Crippen molar-refractivity contribution in [2.75, 3.05) is 51.1 Å². The van der Waals surface area contributed by atoms with E-state index in [0.29, 0.717) is 5.56 Å². The summed E-state index contributed by atoms with van der Waals surface area (Å²) in [6, 6.07) is 4.00. The lowest BCUT2D eigenvalue weighted by atomic mass is 9.85. The van der Waals surface area contributed by atoms with Crippen molar-refractivity contribution < 1.29 is 54.3 Å². The highest BCUT2D eigenvalue weighted by molar-refractivity contribution is 5.91. The van der Waals surface area contributed by atoms with Crippen LogP contribution in [0.2, 0.25) is 0 Å². The molecule has 1 rings (SSSR count). The maximum Gasteiger partial charge on any atom is 0.323 e. The quantitative estimate of drug-likeness (QED) is 0.152. The van der Waals surface area contributed by atoms with Crippen LogP contribution in [-0.4, -0.2) is 128 Å². The molecule has 15 heteroatoms. The summed E-state index contributed by atoms with van der Waals surface area (Å²) < 4.78 is 0. The molecule has 0 saturated heterocycles. The maximum atomic E-state index is 12.8. The van der Waals surface area contributed by atoms with Crippen LogP contribution in [0.3, 0.4) is 0 Å². The van der Waals surface area contributed by atoms with E-state index in [-0.39, 0.29) is 31.9 Å². The van der Waals surface area contributed by atoms with Crippen molar-refractivity contribution in [1.82, 2.24) is 14.7 Å². The van der Waals surface area contributed by atoms with Crippen LogP contribution < -0.4 is 5.32 Å². The van der Waals surface area contributed by atoms with Gasteiger partial charge in [-0.25, -0.2) is 4.79 Å². The highest BCUT2D eigenvalue weighted by Crippen LogP contribution is 2.25. The fraction of sp³-hybridized carbons (Fsp3) is 0.500. The largest absolute Gasteiger partial charge is 0.481 e. The van der Waals surface area contributed by atoms with Crippen molar-refractivity contribution in [2.24, 2.45) is 0 Å². The summed E-state index contributed by atoms with van der Waals surface area (Å²) in [6.45, 7) is 1.99. The van der Waals surface area contributed by atoms with Gasteiger partial charge < -0.3 is 35.7 Å². The minimum Gasteiger partial charge on any atom is -0.481 e. The number of amides is 2. The van der Waals surface area contributed by atoms with Gasteiger partial charge in [0.2, 0.25) is 0 Å². The number of hydrogen-bond acceptors (Lipinski definition) is 8. The van der Waals surface area contributed by atoms with E-state index in [1.165, 1.54) is 49.9 Å². The summed E-state index contributed by atoms with van der Waals surface area (Å²) in [5, 5.41) is 48.7. The number of carboxylic acids is 5. The molecule has 1 atom stereocenters. The Kier molecular flexibility index (Phi) is 12.3. The second kappa shape index (κ2) is 14.6. The number of rotatable bonds is 17. The number of carbonyl (C=O) groups is 6. The van der Waals surface area contributed by atoms with Crippen molar-refractivity contribution in [2.45, 2.75) is 32.2 Å². The lowest BCUT2D eigenvalue weighted by Gasteiger charge is -2.29. The molecule has 0 heterocycles. The van der Waals surface area contributed by atoms with Gasteiger partial charge in [-0.05, 0) is 38.5 Å². The van der Waals surface area contributed by atoms with Gasteiger partial charge in [-0.2, -0.15) is 0 Å². The number of anilines is 1. The van der Waals surface area contributed by atoms with Gasteiger partial charge >= 0.3 is 35.9 Å². The SMILES string of the molecule is CC(C(=O)O)N(CCN(CCN(CC(=O)O)C(=O)Nc1ccc(C(C)(C)C(=O)O)cc1)CC(=O)O)CC(=O)O. The Labute approximate surface area is 224 Å². The summed E-state index contributed by atoms with van der Waals surface area (Å²) in [4.78, 5) is 72.8. The molecule has 0 radical (unpaired) electrons. The van der Waals surface area contributed by atoms with Crippen molar-refractivity contribution in [1.29, 1.82) is 0 Å². The number of urea groups is 1. The second-order valence-electron chi connectivity index (χ2n) is 9.30. The molecule has 0 aromatic heterocycles. The second-order valence-corrected chi connectivity index (χ2v) is 9.30. The number of carbonyl (C=O) groups excluding carboxylic acids is 1. The molecule has 0 bridgehead atoms. The standard InChI is InChI=1S/C24H34N4O11/c1-15(21(35)36)27(13-19(31)32)10-8-26(12-18(29)30)9-11-28(14-20(33)34)23(39)25-17-6-4-16(5-7-17)24(2,3)22(37)38/h4-7,15H,8-14H2,1-3H3,(H,25,39)(H,29,30)(H,31,32)(H,33,34)(H,35,36)(H,37,38). The highest BCUT2D eigenvalue weighted by atomic mass is 16.4. The van der Waals surface area contributed by atoms with Crippen LogP contribution in [0.15, 0.2) is 24.3 Å². The Bertz CT molecular complexity index is 1060. The Morgan fingerprint density at radius 3 is 1.74 bits per heavy atom. The highest BCUT2D eigenvalue weighted by Gasteiger charge is 2.29. The number of aliphatic carboxylic acids is 5. The van der Waals surface area contributed by atoms with Crippen LogP contribution in [0.5, 0.6) is 0 Å². The molecule has 216 valence electrons. The van der Waals surface area contributed by atoms with Crippen LogP contribution in [0.1, 0.15) is 26.3 Å². The third-order valence-electron chi connectivity index (χ3n) is 6.00. The van der Waals surface area contributed by atoms with E-state index < -0.39 is 67.0 Å². The average molecular weight is 555 g/mol. The van der Waals surface area contributed by atoms with Gasteiger partial charge in [-0.3, -0.25) is 33.8 Å². The third-order valence-corrected chi connectivity index (χ3v) is 6.00. The maximum absolute atomic E-state index is 12.8. The summed E-state index contributed by atoms with van der Waals surface area (Å²) in [5.41, 5.74) is -0.420. The zero-order chi connectivity index (χ0) is 29.9. The van der Waals surface area contributed by atoms with Gasteiger partial charge in [0.05, 0.1) is 18.5 Å². The number of nitrogens with one attached hydrogen (secondary N) is 1. The van der Waals surface area contributed by atoms with Crippen LogP contribution >= 0.6 is 0 Å². The topological polar surface area (TPSA) is 225 Å². The first-order chi connectivity index (χ1) is 18.0. The smallest absolute Gasteiger partial charge is 0.323 e. The molecule has 0 aliphatic heterocycles. The summed E-state index contributed by atoms with van der Waals surface area (Å²) in [5.74, 6) is -6.12. The molecule has 2 amide bonds. The number of benzene rings is 1. The monoisotopic (exact) mass is 554 g/mol. The number of nitrogens with zero attached hydrogens (tertiary/aromatic N) is 3. The lowest BCUT2D eigenvalue weighted by Crippen LogP contribution is -2.48. The Hall–Kier alpha value is -4.24. The van der Waals surface area contributed by atoms with E-state index in [4.69, 9.17) is 5.11 Å². The zero-order valence-electron chi connectivity index (χ0n) is 21.9. The Morgan fingerprint density at radius 2 is 1.28 bits per heavy atom. The summed E-state index contributed by atoms with van der Waals surface area (Å²) >= 11 is 0. The molecule has 1 aromatic carbocycles. The van der Waals surface area contributed by atoms with Crippen LogP contribution in [0, 0.1) is 0 Å². The van der Waals surface area contributed by atoms with Crippen molar-refractivity contribution >= 4 is 41.6 Å². The van der Waals surface area contributed by atoms with Gasteiger partial charge in [-0.15, -0.1) is 0 Å². The van der Waals surface area contributed by atoms with E-state index in [9.17, 15) is 49.2 Å². The Balaban J connectivity index is 2.96. The molecule has 1 aromatic rings. The molecule has 0 aliphatic rings. The molecular weight excluding hydrogens is 520 g/mol. The van der Waals surface area contributed by atoms with E-state index in [2.05, 4.69) is 5.32 Å². The molecular formula is C24H34N4O11.